The first-order chi connectivity index (χ1) is 16.9. The van der Waals surface area contributed by atoms with Crippen LogP contribution in [0, 0.1) is 5.92 Å². The molecule has 0 saturated carbocycles. The Morgan fingerprint density at radius 2 is 1.83 bits per heavy atom. The highest BCUT2D eigenvalue weighted by atomic mass is 32.2. The Bertz CT molecular complexity index is 1200. The van der Waals surface area contributed by atoms with E-state index in [2.05, 4.69) is 34.7 Å². The van der Waals surface area contributed by atoms with E-state index in [-0.39, 0.29) is 5.75 Å². The van der Waals surface area contributed by atoms with Gasteiger partial charge in [0.25, 0.3) is 0 Å². The summed E-state index contributed by atoms with van der Waals surface area (Å²) in [5.74, 6) is 2.53. The Labute approximate surface area is 207 Å². The molecule has 0 radical (unpaired) electrons. The van der Waals surface area contributed by atoms with Gasteiger partial charge < -0.3 is 24.1 Å². The third-order valence-electron chi connectivity index (χ3n) is 5.00. The van der Waals surface area contributed by atoms with Gasteiger partial charge in [0, 0.05) is 23.9 Å². The lowest BCUT2D eigenvalue weighted by Crippen LogP contribution is -2.35. The number of amides is 3. The van der Waals surface area contributed by atoms with E-state index >= 15 is 0 Å². The molecule has 184 valence electrons. The summed E-state index contributed by atoms with van der Waals surface area (Å²) in [6, 6.07) is 12.0. The van der Waals surface area contributed by atoms with Crippen molar-refractivity contribution in [2.75, 3.05) is 31.4 Å². The van der Waals surface area contributed by atoms with Gasteiger partial charge in [0.2, 0.25) is 5.91 Å². The second-order valence-electron chi connectivity index (χ2n) is 8.19. The molecular weight excluding hydrogens is 470 g/mol. The number of carbonyl (C=O) groups is 2. The van der Waals surface area contributed by atoms with E-state index in [1.54, 1.807) is 25.3 Å². The summed E-state index contributed by atoms with van der Waals surface area (Å²) in [6.45, 7) is 5.81. The van der Waals surface area contributed by atoms with Gasteiger partial charge in [-0.3, -0.25) is 10.1 Å². The molecule has 0 aliphatic carbocycles. The Kier molecular flexibility index (Phi) is 7.76. The summed E-state index contributed by atoms with van der Waals surface area (Å²) >= 11 is 1.22. The third kappa shape index (κ3) is 6.24. The maximum absolute atomic E-state index is 12.4. The lowest BCUT2D eigenvalue weighted by Gasteiger charge is -2.19. The lowest BCUT2D eigenvalue weighted by atomic mass is 10.2. The Hall–Kier alpha value is -3.73. The van der Waals surface area contributed by atoms with Gasteiger partial charge in [0.15, 0.2) is 22.5 Å². The molecule has 11 heteroatoms. The molecule has 3 aromatic rings. The van der Waals surface area contributed by atoms with Gasteiger partial charge >= 0.3 is 6.03 Å². The number of imide groups is 1. The van der Waals surface area contributed by atoms with Gasteiger partial charge in [-0.15, -0.1) is 10.2 Å². The highest BCUT2D eigenvalue weighted by Crippen LogP contribution is 2.32. The molecule has 3 amide bonds. The van der Waals surface area contributed by atoms with Crippen molar-refractivity contribution >= 4 is 29.4 Å². The fourth-order valence-corrected chi connectivity index (χ4v) is 4.20. The minimum absolute atomic E-state index is 0.00734. The van der Waals surface area contributed by atoms with Crippen molar-refractivity contribution in [3.8, 4) is 28.6 Å². The van der Waals surface area contributed by atoms with Crippen LogP contribution in [0.4, 0.5) is 10.5 Å². The number of methoxy groups -OCH3 is 1. The molecule has 0 fully saturated rings. The number of fused-ring (bicyclic) bond motifs is 1. The van der Waals surface area contributed by atoms with Crippen LogP contribution in [0.3, 0.4) is 0 Å². The van der Waals surface area contributed by atoms with E-state index in [9.17, 15) is 9.59 Å². The normalized spacial score (nSPS) is 12.3. The second-order valence-corrected chi connectivity index (χ2v) is 9.13. The Balaban J connectivity index is 1.37. The van der Waals surface area contributed by atoms with E-state index in [1.165, 1.54) is 11.8 Å². The number of anilines is 1. The zero-order chi connectivity index (χ0) is 24.8. The number of thioether (sulfide) groups is 1. The molecule has 2 heterocycles. The van der Waals surface area contributed by atoms with Gasteiger partial charge in [-0.05, 0) is 42.3 Å². The van der Waals surface area contributed by atoms with Gasteiger partial charge in [0.1, 0.15) is 19.0 Å². The van der Waals surface area contributed by atoms with Crippen LogP contribution in [0.1, 0.15) is 13.8 Å². The van der Waals surface area contributed by atoms with Crippen LogP contribution in [-0.2, 0) is 11.3 Å². The molecule has 0 saturated heterocycles. The molecule has 1 aromatic heterocycles. The molecule has 0 spiro atoms. The predicted octanol–water partition coefficient (Wildman–Crippen LogP) is 3.82. The molecule has 10 nitrogen and oxygen atoms in total. The fraction of sp³-hybridized carbons (Fsp3) is 0.333. The number of aromatic nitrogens is 3. The summed E-state index contributed by atoms with van der Waals surface area (Å²) in [5.41, 5.74) is 1.39. The SMILES string of the molecule is COc1ccc(-c2nnc(SCC(=O)NC(=O)Nc3ccc4c(c3)OCCO4)n2CC(C)C)cc1. The van der Waals surface area contributed by atoms with Gasteiger partial charge in [-0.2, -0.15) is 0 Å². The zero-order valence-corrected chi connectivity index (χ0v) is 20.6. The number of rotatable bonds is 8. The molecule has 4 rings (SSSR count). The van der Waals surface area contributed by atoms with Gasteiger partial charge in [-0.25, -0.2) is 4.79 Å². The monoisotopic (exact) mass is 497 g/mol. The number of nitrogens with one attached hydrogen (secondary N) is 2. The van der Waals surface area contributed by atoms with Crippen molar-refractivity contribution in [1.82, 2.24) is 20.1 Å². The van der Waals surface area contributed by atoms with E-state index in [0.29, 0.717) is 53.8 Å². The molecule has 1 aliphatic heterocycles. The summed E-state index contributed by atoms with van der Waals surface area (Å²) in [4.78, 5) is 24.7. The first-order valence-electron chi connectivity index (χ1n) is 11.1. The topological polar surface area (TPSA) is 117 Å². The van der Waals surface area contributed by atoms with Crippen molar-refractivity contribution in [1.29, 1.82) is 0 Å². The smallest absolute Gasteiger partial charge is 0.325 e. The molecule has 0 unspecified atom stereocenters. The Morgan fingerprint density at radius 1 is 1.09 bits per heavy atom. The van der Waals surface area contributed by atoms with E-state index in [4.69, 9.17) is 14.2 Å². The summed E-state index contributed by atoms with van der Waals surface area (Å²) in [5, 5.41) is 14.2. The summed E-state index contributed by atoms with van der Waals surface area (Å²) in [6.07, 6.45) is 0. The maximum Gasteiger partial charge on any atom is 0.325 e. The molecule has 35 heavy (non-hydrogen) atoms. The van der Waals surface area contributed by atoms with Crippen LogP contribution >= 0.6 is 11.8 Å². The molecule has 2 aromatic carbocycles. The number of urea groups is 1. The number of benzene rings is 2. The van der Waals surface area contributed by atoms with Crippen LogP contribution in [0.5, 0.6) is 17.2 Å². The third-order valence-corrected chi connectivity index (χ3v) is 5.96. The maximum atomic E-state index is 12.4. The quantitative estimate of drug-likeness (QED) is 0.451. The predicted molar refractivity (Wildman–Crippen MR) is 132 cm³/mol. The summed E-state index contributed by atoms with van der Waals surface area (Å²) in [7, 11) is 1.62. The minimum Gasteiger partial charge on any atom is -0.497 e. The molecule has 0 bridgehead atoms. The molecule has 0 atom stereocenters. The number of nitrogens with zero attached hydrogens (tertiary/aromatic N) is 3. The fourth-order valence-electron chi connectivity index (χ4n) is 3.46. The van der Waals surface area contributed by atoms with Crippen LogP contribution in [0.15, 0.2) is 47.6 Å². The van der Waals surface area contributed by atoms with Crippen molar-refractivity contribution in [2.24, 2.45) is 5.92 Å². The highest BCUT2D eigenvalue weighted by Gasteiger charge is 2.18. The van der Waals surface area contributed by atoms with Crippen molar-refractivity contribution in [3.63, 3.8) is 0 Å². The summed E-state index contributed by atoms with van der Waals surface area (Å²) < 4.78 is 18.2. The van der Waals surface area contributed by atoms with Gasteiger partial charge in [0.05, 0.1) is 12.9 Å². The van der Waals surface area contributed by atoms with Crippen LogP contribution in [0.2, 0.25) is 0 Å². The number of hydrogen-bond donors (Lipinski definition) is 2. The average Bonchev–Trinajstić information content (AvgIpc) is 3.24. The van der Waals surface area contributed by atoms with Crippen molar-refractivity contribution in [3.05, 3.63) is 42.5 Å². The minimum atomic E-state index is -0.630. The largest absolute Gasteiger partial charge is 0.497 e. The average molecular weight is 498 g/mol. The lowest BCUT2D eigenvalue weighted by molar-refractivity contribution is -0.117. The van der Waals surface area contributed by atoms with Crippen molar-refractivity contribution < 1.29 is 23.8 Å². The molecule has 2 N–H and O–H groups in total. The van der Waals surface area contributed by atoms with Crippen LogP contribution in [0.25, 0.3) is 11.4 Å². The second kappa shape index (κ2) is 11.1. The molecular formula is C24H27N5O5S. The number of hydrogen-bond acceptors (Lipinski definition) is 8. The first kappa shape index (κ1) is 24.4. The van der Waals surface area contributed by atoms with E-state index < -0.39 is 11.9 Å². The molecule has 1 aliphatic rings. The van der Waals surface area contributed by atoms with Crippen LogP contribution < -0.4 is 24.8 Å². The van der Waals surface area contributed by atoms with E-state index in [0.717, 1.165) is 11.3 Å². The van der Waals surface area contributed by atoms with Crippen molar-refractivity contribution in [2.45, 2.75) is 25.5 Å². The Morgan fingerprint density at radius 3 is 2.54 bits per heavy atom. The zero-order valence-electron chi connectivity index (χ0n) is 19.7. The van der Waals surface area contributed by atoms with Gasteiger partial charge in [-0.1, -0.05) is 25.6 Å². The number of carbonyl (C=O) groups excluding carboxylic acids is 2. The highest BCUT2D eigenvalue weighted by molar-refractivity contribution is 7.99. The van der Waals surface area contributed by atoms with Crippen LogP contribution in [-0.4, -0.2) is 52.8 Å². The number of ether oxygens (including phenoxy) is 3. The standard InChI is InChI=1S/C24H27N5O5S/c1-15(2)13-29-22(16-4-7-18(32-3)8-5-16)27-28-24(29)35-14-21(30)26-23(31)25-17-6-9-19-20(12-17)34-11-10-33-19/h4-9,12,15H,10-11,13-14H2,1-3H3,(H2,25,26,30,31). The van der Waals surface area contributed by atoms with E-state index in [1.807, 2.05) is 28.8 Å². The first-order valence-corrected chi connectivity index (χ1v) is 12.1.